The van der Waals surface area contributed by atoms with Crippen LogP contribution in [0.25, 0.3) is 0 Å². The Labute approximate surface area is 108 Å². The van der Waals surface area contributed by atoms with Crippen LogP contribution in [0.4, 0.5) is 5.69 Å². The summed E-state index contributed by atoms with van der Waals surface area (Å²) in [5.74, 6) is 0.00150. The number of rotatable bonds is 1. The maximum absolute atomic E-state index is 10.9. The third-order valence-electron chi connectivity index (χ3n) is 2.87. The van der Waals surface area contributed by atoms with E-state index in [9.17, 15) is 15.2 Å². The van der Waals surface area contributed by atoms with E-state index in [4.69, 9.17) is 0 Å². The lowest BCUT2D eigenvalue weighted by atomic mass is 9.74. The molecule has 0 aliphatic rings. The first-order valence-electron chi connectivity index (χ1n) is 5.97. The molecule has 18 heavy (non-hydrogen) atoms. The van der Waals surface area contributed by atoms with Gasteiger partial charge in [0.1, 0.15) is 5.75 Å². The molecule has 4 heteroatoms. The second-order valence-electron chi connectivity index (χ2n) is 6.64. The van der Waals surface area contributed by atoms with Gasteiger partial charge in [0.25, 0.3) is 5.69 Å². The highest BCUT2D eigenvalue weighted by atomic mass is 16.6. The molecular weight excluding hydrogens is 230 g/mol. The molecule has 0 aliphatic heterocycles. The van der Waals surface area contributed by atoms with Crippen molar-refractivity contribution in [2.45, 2.75) is 52.4 Å². The summed E-state index contributed by atoms with van der Waals surface area (Å²) in [6.45, 7) is 11.9. The first kappa shape index (κ1) is 14.5. The van der Waals surface area contributed by atoms with Crippen molar-refractivity contribution >= 4 is 5.69 Å². The van der Waals surface area contributed by atoms with Crippen LogP contribution in [0, 0.1) is 10.1 Å². The number of nitrogens with zero attached hydrogens (tertiary/aromatic N) is 1. The number of nitro benzene ring substituents is 1. The molecule has 1 aromatic carbocycles. The van der Waals surface area contributed by atoms with Gasteiger partial charge in [-0.1, -0.05) is 41.5 Å². The highest BCUT2D eigenvalue weighted by molar-refractivity contribution is 5.54. The number of hydrogen-bond donors (Lipinski definition) is 1. The standard InChI is InChI=1S/C14H21NO3/c1-13(2,3)10-7-9(15(17)18)8-11(16)12(10)14(4,5)6/h7-8,16H,1-6H3. The zero-order valence-corrected chi connectivity index (χ0v) is 11.9. The van der Waals surface area contributed by atoms with E-state index in [1.54, 1.807) is 6.07 Å². The molecule has 4 nitrogen and oxygen atoms in total. The molecule has 0 heterocycles. The lowest BCUT2D eigenvalue weighted by Gasteiger charge is -2.30. The van der Waals surface area contributed by atoms with Gasteiger partial charge in [0, 0.05) is 11.6 Å². The molecule has 1 N–H and O–H groups in total. The monoisotopic (exact) mass is 251 g/mol. The van der Waals surface area contributed by atoms with Crippen molar-refractivity contribution in [3.8, 4) is 5.75 Å². The molecule has 0 aromatic heterocycles. The molecule has 0 spiro atoms. The van der Waals surface area contributed by atoms with E-state index < -0.39 is 4.92 Å². The van der Waals surface area contributed by atoms with E-state index in [1.165, 1.54) is 6.07 Å². The summed E-state index contributed by atoms with van der Waals surface area (Å²) in [5, 5.41) is 21.0. The first-order chi connectivity index (χ1) is 7.94. The van der Waals surface area contributed by atoms with Crippen LogP contribution in [0.3, 0.4) is 0 Å². The normalized spacial score (nSPS) is 12.6. The second kappa shape index (κ2) is 4.26. The van der Waals surface area contributed by atoms with Gasteiger partial charge in [-0.25, -0.2) is 0 Å². The minimum atomic E-state index is -0.471. The Morgan fingerprint density at radius 2 is 1.56 bits per heavy atom. The van der Waals surface area contributed by atoms with Crippen LogP contribution in [0.5, 0.6) is 5.75 Å². The van der Waals surface area contributed by atoms with Crippen LogP contribution in [0.2, 0.25) is 0 Å². The number of aromatic hydroxyl groups is 1. The summed E-state index contributed by atoms with van der Waals surface area (Å²) in [6, 6.07) is 2.80. The molecule has 0 unspecified atom stereocenters. The molecule has 0 fully saturated rings. The van der Waals surface area contributed by atoms with E-state index in [0.717, 1.165) is 11.1 Å². The van der Waals surface area contributed by atoms with Crippen LogP contribution in [0.15, 0.2) is 12.1 Å². The largest absolute Gasteiger partial charge is 0.507 e. The lowest BCUT2D eigenvalue weighted by molar-refractivity contribution is -0.385. The molecule has 0 amide bonds. The Hall–Kier alpha value is -1.58. The van der Waals surface area contributed by atoms with Crippen LogP contribution in [-0.4, -0.2) is 10.0 Å². The molecule has 1 rings (SSSR count). The van der Waals surface area contributed by atoms with E-state index >= 15 is 0 Å². The topological polar surface area (TPSA) is 63.4 Å². The van der Waals surface area contributed by atoms with Gasteiger partial charge in [-0.3, -0.25) is 10.1 Å². The molecule has 0 radical (unpaired) electrons. The van der Waals surface area contributed by atoms with Crippen molar-refractivity contribution in [3.63, 3.8) is 0 Å². The van der Waals surface area contributed by atoms with Gasteiger partial charge in [-0.05, 0) is 16.4 Å². The van der Waals surface area contributed by atoms with Crippen molar-refractivity contribution in [3.05, 3.63) is 33.4 Å². The minimum absolute atomic E-state index is 0.00150. The highest BCUT2D eigenvalue weighted by Crippen LogP contribution is 2.41. The molecular formula is C14H21NO3. The maximum Gasteiger partial charge on any atom is 0.273 e. The van der Waals surface area contributed by atoms with Crippen LogP contribution in [-0.2, 0) is 10.8 Å². The molecule has 100 valence electrons. The molecule has 0 aliphatic carbocycles. The number of nitro groups is 1. The number of phenols is 1. The molecule has 0 saturated heterocycles. The molecule has 0 bridgehead atoms. The third kappa shape index (κ3) is 2.81. The van der Waals surface area contributed by atoms with Crippen LogP contribution >= 0.6 is 0 Å². The fourth-order valence-electron chi connectivity index (χ4n) is 2.10. The molecule has 1 aromatic rings. The van der Waals surface area contributed by atoms with Gasteiger partial charge in [0.2, 0.25) is 0 Å². The van der Waals surface area contributed by atoms with Gasteiger partial charge in [-0.2, -0.15) is 0 Å². The Kier molecular flexibility index (Phi) is 3.43. The Balaban J connectivity index is 3.67. The Morgan fingerprint density at radius 3 is 1.89 bits per heavy atom. The lowest BCUT2D eigenvalue weighted by Crippen LogP contribution is -2.22. The van der Waals surface area contributed by atoms with Crippen molar-refractivity contribution in [2.75, 3.05) is 0 Å². The summed E-state index contributed by atoms with van der Waals surface area (Å²) >= 11 is 0. The van der Waals surface area contributed by atoms with Gasteiger partial charge in [-0.15, -0.1) is 0 Å². The Bertz CT molecular complexity index is 479. The number of benzene rings is 1. The van der Waals surface area contributed by atoms with Gasteiger partial charge < -0.3 is 5.11 Å². The second-order valence-corrected chi connectivity index (χ2v) is 6.64. The van der Waals surface area contributed by atoms with E-state index in [-0.39, 0.29) is 22.3 Å². The summed E-state index contributed by atoms with van der Waals surface area (Å²) in [6.07, 6.45) is 0. The van der Waals surface area contributed by atoms with Crippen LogP contribution in [0.1, 0.15) is 52.7 Å². The fourth-order valence-corrected chi connectivity index (χ4v) is 2.10. The van der Waals surface area contributed by atoms with Crippen molar-refractivity contribution in [1.29, 1.82) is 0 Å². The van der Waals surface area contributed by atoms with Gasteiger partial charge in [0.15, 0.2) is 0 Å². The van der Waals surface area contributed by atoms with Crippen molar-refractivity contribution in [2.24, 2.45) is 0 Å². The summed E-state index contributed by atoms with van der Waals surface area (Å²) in [7, 11) is 0. The minimum Gasteiger partial charge on any atom is -0.507 e. The quantitative estimate of drug-likeness (QED) is 0.608. The zero-order valence-electron chi connectivity index (χ0n) is 11.9. The van der Waals surface area contributed by atoms with E-state index in [0.29, 0.717) is 0 Å². The van der Waals surface area contributed by atoms with Crippen LogP contribution < -0.4 is 0 Å². The highest BCUT2D eigenvalue weighted by Gasteiger charge is 2.30. The predicted molar refractivity (Wildman–Crippen MR) is 72.2 cm³/mol. The van der Waals surface area contributed by atoms with E-state index in [2.05, 4.69) is 0 Å². The predicted octanol–water partition coefficient (Wildman–Crippen LogP) is 3.90. The smallest absolute Gasteiger partial charge is 0.273 e. The third-order valence-corrected chi connectivity index (χ3v) is 2.87. The SMILES string of the molecule is CC(C)(C)c1cc([N+](=O)[O-])cc(O)c1C(C)(C)C. The van der Waals surface area contributed by atoms with E-state index in [1.807, 2.05) is 41.5 Å². The fraction of sp³-hybridized carbons (Fsp3) is 0.571. The van der Waals surface area contributed by atoms with Crippen molar-refractivity contribution in [1.82, 2.24) is 0 Å². The average Bonchev–Trinajstić information content (AvgIpc) is 2.12. The average molecular weight is 251 g/mol. The summed E-state index contributed by atoms with van der Waals surface area (Å²) < 4.78 is 0. The van der Waals surface area contributed by atoms with Crippen molar-refractivity contribution < 1.29 is 10.0 Å². The van der Waals surface area contributed by atoms with Gasteiger partial charge in [0.05, 0.1) is 11.0 Å². The molecule has 0 atom stereocenters. The summed E-state index contributed by atoms with van der Waals surface area (Å²) in [5.41, 5.74) is 1.02. The number of phenolic OH excluding ortho intramolecular Hbond substituents is 1. The zero-order chi connectivity index (χ0) is 14.3. The summed E-state index contributed by atoms with van der Waals surface area (Å²) in [4.78, 5) is 10.4. The number of hydrogen-bond acceptors (Lipinski definition) is 3. The first-order valence-corrected chi connectivity index (χ1v) is 5.97. The van der Waals surface area contributed by atoms with Gasteiger partial charge >= 0.3 is 0 Å². The maximum atomic E-state index is 10.9. The molecule has 0 saturated carbocycles. The Morgan fingerprint density at radius 1 is 1.06 bits per heavy atom. The number of non-ortho nitro benzene ring substituents is 1.